The van der Waals surface area contributed by atoms with Crippen molar-refractivity contribution in [1.82, 2.24) is 10.2 Å². The molecule has 1 aliphatic heterocycles. The third-order valence-corrected chi connectivity index (χ3v) is 3.24. The molecule has 0 radical (unpaired) electrons. The topological polar surface area (TPSA) is 43.0 Å². The molecule has 0 saturated carbocycles. The number of hydrogen-bond donors (Lipinski definition) is 1. The van der Waals surface area contributed by atoms with Crippen LogP contribution in [0.3, 0.4) is 0 Å². The average molecular weight is 280 g/mol. The van der Waals surface area contributed by atoms with Crippen LogP contribution in [0, 0.1) is 0 Å². The summed E-state index contributed by atoms with van der Waals surface area (Å²) in [4.78, 5) is 2.25. The monoisotopic (exact) mass is 280 g/mol. The summed E-state index contributed by atoms with van der Waals surface area (Å²) in [5.74, 6) is 1.68. The number of fused-ring (bicyclic) bond motifs is 1. The summed E-state index contributed by atoms with van der Waals surface area (Å²) in [6, 6.07) is 7.82. The molecule has 1 unspecified atom stereocenters. The molecule has 1 aromatic carbocycles. The van der Waals surface area contributed by atoms with Gasteiger partial charge in [0.25, 0.3) is 0 Å². The van der Waals surface area contributed by atoms with E-state index in [1.54, 1.807) is 7.11 Å². The maximum absolute atomic E-state index is 5.94. The average Bonchev–Trinajstić information content (AvgIpc) is 2.47. The van der Waals surface area contributed by atoms with Gasteiger partial charge in [0.15, 0.2) is 11.5 Å². The molecule has 0 saturated heterocycles. The molecule has 0 amide bonds. The normalized spacial score (nSPS) is 17.4. The van der Waals surface area contributed by atoms with Crippen molar-refractivity contribution in [3.8, 4) is 11.5 Å². The molecule has 0 spiro atoms. The summed E-state index contributed by atoms with van der Waals surface area (Å²) >= 11 is 0. The lowest BCUT2D eigenvalue weighted by Crippen LogP contribution is -2.41. The van der Waals surface area contributed by atoms with Gasteiger partial charge in [-0.1, -0.05) is 12.1 Å². The first kappa shape index (κ1) is 15.1. The predicted octanol–water partition coefficient (Wildman–Crippen LogP) is 0.994. The Kier molecular flexibility index (Phi) is 6.11. The van der Waals surface area contributed by atoms with E-state index in [0.717, 1.165) is 44.3 Å². The van der Waals surface area contributed by atoms with Gasteiger partial charge < -0.3 is 24.4 Å². The number of methoxy groups -OCH3 is 1. The molecule has 0 bridgehead atoms. The van der Waals surface area contributed by atoms with E-state index in [4.69, 9.17) is 14.2 Å². The van der Waals surface area contributed by atoms with Gasteiger partial charge >= 0.3 is 0 Å². The molecule has 1 N–H and O–H groups in total. The molecule has 1 aliphatic rings. The zero-order valence-electron chi connectivity index (χ0n) is 12.3. The fraction of sp³-hybridized carbons (Fsp3) is 0.600. The minimum Gasteiger partial charge on any atom is -0.486 e. The molecule has 1 heterocycles. The summed E-state index contributed by atoms with van der Waals surface area (Å²) < 4.78 is 16.6. The molecule has 0 aliphatic carbocycles. The number of likely N-dealkylation sites (N-methyl/N-ethyl adjacent to an activating group) is 1. The van der Waals surface area contributed by atoms with E-state index in [0.29, 0.717) is 6.61 Å². The van der Waals surface area contributed by atoms with Gasteiger partial charge in [-0.25, -0.2) is 0 Å². The highest BCUT2D eigenvalue weighted by molar-refractivity contribution is 5.40. The molecule has 5 nitrogen and oxygen atoms in total. The molecule has 2 rings (SSSR count). The predicted molar refractivity (Wildman–Crippen MR) is 78.6 cm³/mol. The van der Waals surface area contributed by atoms with Crippen molar-refractivity contribution in [3.05, 3.63) is 24.3 Å². The Bertz CT molecular complexity index is 400. The Labute approximate surface area is 120 Å². The molecular weight excluding hydrogens is 256 g/mol. The van der Waals surface area contributed by atoms with Gasteiger partial charge in [0.05, 0.1) is 6.61 Å². The second-order valence-electron chi connectivity index (χ2n) is 5.00. The van der Waals surface area contributed by atoms with Crippen molar-refractivity contribution >= 4 is 0 Å². The lowest BCUT2D eigenvalue weighted by Gasteiger charge is -2.29. The van der Waals surface area contributed by atoms with Crippen LogP contribution in [0.15, 0.2) is 24.3 Å². The first-order valence-corrected chi connectivity index (χ1v) is 7.06. The van der Waals surface area contributed by atoms with E-state index in [9.17, 15) is 0 Å². The summed E-state index contributed by atoms with van der Waals surface area (Å²) in [6.07, 6.45) is 0.0916. The van der Waals surface area contributed by atoms with Crippen LogP contribution in [0.4, 0.5) is 0 Å². The van der Waals surface area contributed by atoms with E-state index in [-0.39, 0.29) is 6.10 Å². The summed E-state index contributed by atoms with van der Waals surface area (Å²) in [5, 5.41) is 3.33. The molecule has 0 fully saturated rings. The molecule has 20 heavy (non-hydrogen) atoms. The lowest BCUT2D eigenvalue weighted by molar-refractivity contribution is 0.0656. The van der Waals surface area contributed by atoms with Gasteiger partial charge in [-0.3, -0.25) is 0 Å². The fourth-order valence-corrected chi connectivity index (χ4v) is 2.16. The van der Waals surface area contributed by atoms with Gasteiger partial charge in [0.2, 0.25) is 0 Å². The van der Waals surface area contributed by atoms with Crippen molar-refractivity contribution in [2.24, 2.45) is 0 Å². The minimum atomic E-state index is 0.0916. The summed E-state index contributed by atoms with van der Waals surface area (Å²) in [6.45, 7) is 5.04. The maximum atomic E-state index is 5.94. The largest absolute Gasteiger partial charge is 0.486 e. The first-order chi connectivity index (χ1) is 9.79. The SMILES string of the molecule is COCCNCCN(C)CC1COc2ccccc2O1. The number of nitrogens with zero attached hydrogens (tertiary/aromatic N) is 1. The summed E-state index contributed by atoms with van der Waals surface area (Å²) in [7, 11) is 3.81. The van der Waals surface area contributed by atoms with Crippen LogP contribution in [0.2, 0.25) is 0 Å². The summed E-state index contributed by atoms with van der Waals surface area (Å²) in [5.41, 5.74) is 0. The second kappa shape index (κ2) is 8.09. The van der Waals surface area contributed by atoms with E-state index in [2.05, 4.69) is 17.3 Å². The van der Waals surface area contributed by atoms with Crippen LogP contribution >= 0.6 is 0 Å². The molecule has 1 aromatic rings. The van der Waals surface area contributed by atoms with E-state index < -0.39 is 0 Å². The van der Waals surface area contributed by atoms with Gasteiger partial charge in [-0.2, -0.15) is 0 Å². The molecule has 1 atom stereocenters. The highest BCUT2D eigenvalue weighted by atomic mass is 16.6. The Morgan fingerprint density at radius 2 is 2.10 bits per heavy atom. The van der Waals surface area contributed by atoms with E-state index in [1.807, 2.05) is 24.3 Å². The van der Waals surface area contributed by atoms with Crippen LogP contribution < -0.4 is 14.8 Å². The Hall–Kier alpha value is -1.30. The van der Waals surface area contributed by atoms with Gasteiger partial charge in [0, 0.05) is 33.3 Å². The lowest BCUT2D eigenvalue weighted by atomic mass is 10.2. The standard InChI is InChI=1S/C15H24N2O3/c1-17(9-7-16-8-10-18-2)11-13-12-19-14-5-3-4-6-15(14)20-13/h3-6,13,16H,7-12H2,1-2H3. The van der Waals surface area contributed by atoms with E-state index >= 15 is 0 Å². The van der Waals surface area contributed by atoms with Crippen LogP contribution in [0.5, 0.6) is 11.5 Å². The molecule has 112 valence electrons. The molecular formula is C15H24N2O3. The number of benzene rings is 1. The van der Waals surface area contributed by atoms with Gasteiger partial charge in [-0.15, -0.1) is 0 Å². The van der Waals surface area contributed by atoms with E-state index in [1.165, 1.54) is 0 Å². The fourth-order valence-electron chi connectivity index (χ4n) is 2.16. The van der Waals surface area contributed by atoms with Crippen LogP contribution in [-0.2, 0) is 4.74 Å². The van der Waals surface area contributed by atoms with Crippen LogP contribution in [0.1, 0.15) is 0 Å². The second-order valence-corrected chi connectivity index (χ2v) is 5.00. The smallest absolute Gasteiger partial charge is 0.161 e. The Morgan fingerprint density at radius 1 is 1.30 bits per heavy atom. The quantitative estimate of drug-likeness (QED) is 0.720. The van der Waals surface area contributed by atoms with Gasteiger partial charge in [0.1, 0.15) is 12.7 Å². The number of para-hydroxylation sites is 2. The highest BCUT2D eigenvalue weighted by Crippen LogP contribution is 2.30. The van der Waals surface area contributed by atoms with Crippen molar-refractivity contribution in [3.63, 3.8) is 0 Å². The third kappa shape index (κ3) is 4.67. The highest BCUT2D eigenvalue weighted by Gasteiger charge is 2.21. The third-order valence-electron chi connectivity index (χ3n) is 3.24. The Balaban J connectivity index is 1.67. The number of ether oxygens (including phenoxy) is 3. The van der Waals surface area contributed by atoms with Crippen molar-refractivity contribution < 1.29 is 14.2 Å². The first-order valence-electron chi connectivity index (χ1n) is 7.06. The van der Waals surface area contributed by atoms with Crippen molar-refractivity contribution in [1.29, 1.82) is 0 Å². The minimum absolute atomic E-state index is 0.0916. The maximum Gasteiger partial charge on any atom is 0.161 e. The van der Waals surface area contributed by atoms with Crippen LogP contribution in [0.25, 0.3) is 0 Å². The Morgan fingerprint density at radius 3 is 2.90 bits per heavy atom. The number of rotatable bonds is 8. The van der Waals surface area contributed by atoms with Crippen molar-refractivity contribution in [2.75, 3.05) is 53.6 Å². The molecule has 5 heteroatoms. The van der Waals surface area contributed by atoms with Gasteiger partial charge in [-0.05, 0) is 19.2 Å². The zero-order chi connectivity index (χ0) is 14.2. The van der Waals surface area contributed by atoms with Crippen molar-refractivity contribution in [2.45, 2.75) is 6.10 Å². The number of hydrogen-bond acceptors (Lipinski definition) is 5. The molecule has 0 aromatic heterocycles. The van der Waals surface area contributed by atoms with Crippen LogP contribution in [-0.4, -0.2) is 64.6 Å². The number of nitrogens with one attached hydrogen (secondary N) is 1. The zero-order valence-corrected chi connectivity index (χ0v) is 12.3.